The van der Waals surface area contributed by atoms with Crippen LogP contribution in [0.2, 0.25) is 0 Å². The maximum absolute atomic E-state index is 12.3. The van der Waals surface area contributed by atoms with E-state index in [2.05, 4.69) is 29.4 Å². The Bertz CT molecular complexity index is 669. The zero-order chi connectivity index (χ0) is 15.7. The van der Waals surface area contributed by atoms with Gasteiger partial charge in [-0.15, -0.1) is 0 Å². The summed E-state index contributed by atoms with van der Waals surface area (Å²) < 4.78 is 5.51. The van der Waals surface area contributed by atoms with Crippen LogP contribution in [-0.2, 0) is 4.74 Å². The number of carbonyl (C=O) groups excluding carboxylic acids is 1. The minimum absolute atomic E-state index is 0.197. The average molecular weight is 300 g/mol. The van der Waals surface area contributed by atoms with E-state index in [0.29, 0.717) is 5.92 Å². The summed E-state index contributed by atoms with van der Waals surface area (Å²) in [6.07, 6.45) is 4.02. The topological polar surface area (TPSA) is 45.3 Å². The van der Waals surface area contributed by atoms with Crippen molar-refractivity contribution in [2.45, 2.75) is 45.1 Å². The monoisotopic (exact) mass is 300 g/mol. The van der Waals surface area contributed by atoms with E-state index in [-0.39, 0.29) is 6.09 Å². The molecular formula is C18H24N2O2. The maximum Gasteiger partial charge on any atom is 0.410 e. The molecule has 0 saturated carbocycles. The molecule has 4 nitrogen and oxygen atoms in total. The normalized spacial score (nSPS) is 19.4. The van der Waals surface area contributed by atoms with E-state index in [1.54, 1.807) is 0 Å². The molecule has 2 heterocycles. The van der Waals surface area contributed by atoms with Gasteiger partial charge in [-0.3, -0.25) is 0 Å². The van der Waals surface area contributed by atoms with Gasteiger partial charge in [-0.1, -0.05) is 18.2 Å². The number of rotatable bonds is 1. The number of hydrogen-bond donors (Lipinski definition) is 1. The zero-order valence-electron chi connectivity index (χ0n) is 13.6. The molecule has 0 aliphatic carbocycles. The molecule has 0 spiro atoms. The summed E-state index contributed by atoms with van der Waals surface area (Å²) in [6.45, 7) is 7.24. The van der Waals surface area contributed by atoms with E-state index in [1.165, 1.54) is 10.9 Å². The summed E-state index contributed by atoms with van der Waals surface area (Å²) in [4.78, 5) is 17.5. The third-order valence-electron chi connectivity index (χ3n) is 4.13. The quantitative estimate of drug-likeness (QED) is 0.854. The van der Waals surface area contributed by atoms with Crippen molar-refractivity contribution in [2.24, 2.45) is 0 Å². The van der Waals surface area contributed by atoms with Crippen LogP contribution < -0.4 is 0 Å². The Balaban J connectivity index is 1.77. The fourth-order valence-corrected chi connectivity index (χ4v) is 3.16. The molecule has 1 aromatic heterocycles. The van der Waals surface area contributed by atoms with Gasteiger partial charge in [0.1, 0.15) is 5.60 Å². The lowest BCUT2D eigenvalue weighted by Gasteiger charge is -2.34. The molecule has 1 atom stereocenters. The molecule has 0 bridgehead atoms. The second kappa shape index (κ2) is 5.67. The van der Waals surface area contributed by atoms with Crippen molar-refractivity contribution in [1.29, 1.82) is 0 Å². The van der Waals surface area contributed by atoms with Gasteiger partial charge in [0.2, 0.25) is 0 Å². The number of fused-ring (bicyclic) bond motifs is 1. The van der Waals surface area contributed by atoms with Gasteiger partial charge >= 0.3 is 6.09 Å². The number of aromatic amines is 1. The largest absolute Gasteiger partial charge is 0.444 e. The summed E-state index contributed by atoms with van der Waals surface area (Å²) in [7, 11) is 0. The number of hydrogen-bond acceptors (Lipinski definition) is 2. The van der Waals surface area contributed by atoms with Crippen LogP contribution in [0.5, 0.6) is 0 Å². The molecule has 1 N–H and O–H groups in total. The number of ether oxygens (including phenoxy) is 1. The third kappa shape index (κ3) is 3.11. The molecule has 0 radical (unpaired) electrons. The number of carbonyl (C=O) groups is 1. The van der Waals surface area contributed by atoms with Gasteiger partial charge in [0.05, 0.1) is 0 Å². The second-order valence-electron chi connectivity index (χ2n) is 7.06. The predicted octanol–water partition coefficient (Wildman–Crippen LogP) is 4.28. The lowest BCUT2D eigenvalue weighted by molar-refractivity contribution is 0.0198. The lowest BCUT2D eigenvalue weighted by atomic mass is 9.90. The number of aromatic nitrogens is 1. The number of likely N-dealkylation sites (tertiary alicyclic amines) is 1. The molecular weight excluding hydrogens is 276 g/mol. The van der Waals surface area contributed by atoms with Gasteiger partial charge in [-0.25, -0.2) is 4.79 Å². The molecule has 2 aromatic rings. The highest BCUT2D eigenvalue weighted by molar-refractivity contribution is 5.83. The first-order valence-electron chi connectivity index (χ1n) is 7.98. The van der Waals surface area contributed by atoms with Crippen LogP contribution in [0, 0.1) is 0 Å². The predicted molar refractivity (Wildman–Crippen MR) is 88.1 cm³/mol. The first-order valence-corrected chi connectivity index (χ1v) is 7.98. The minimum Gasteiger partial charge on any atom is -0.444 e. The zero-order valence-corrected chi connectivity index (χ0v) is 13.6. The summed E-state index contributed by atoms with van der Waals surface area (Å²) in [6, 6.07) is 8.34. The Hall–Kier alpha value is -1.97. The van der Waals surface area contributed by atoms with Crippen LogP contribution in [0.15, 0.2) is 30.5 Å². The molecule has 4 heteroatoms. The van der Waals surface area contributed by atoms with Gasteiger partial charge in [-0.2, -0.15) is 0 Å². The van der Waals surface area contributed by atoms with Gasteiger partial charge < -0.3 is 14.6 Å². The second-order valence-corrected chi connectivity index (χ2v) is 7.06. The van der Waals surface area contributed by atoms with E-state index >= 15 is 0 Å². The van der Waals surface area contributed by atoms with Crippen molar-refractivity contribution in [3.63, 3.8) is 0 Å². The molecule has 22 heavy (non-hydrogen) atoms. The van der Waals surface area contributed by atoms with Gasteiger partial charge in [0.25, 0.3) is 0 Å². The van der Waals surface area contributed by atoms with E-state index < -0.39 is 5.60 Å². The number of nitrogens with one attached hydrogen (secondary N) is 1. The van der Waals surface area contributed by atoms with Crippen LogP contribution in [-0.4, -0.2) is 34.7 Å². The van der Waals surface area contributed by atoms with Crippen molar-refractivity contribution in [3.8, 4) is 0 Å². The first kappa shape index (κ1) is 14.9. The van der Waals surface area contributed by atoms with Crippen LogP contribution >= 0.6 is 0 Å². The van der Waals surface area contributed by atoms with Crippen LogP contribution in [0.4, 0.5) is 4.79 Å². The Morgan fingerprint density at radius 2 is 2.09 bits per heavy atom. The highest BCUT2D eigenvalue weighted by Gasteiger charge is 2.29. The molecule has 1 saturated heterocycles. The molecule has 1 aliphatic heterocycles. The summed E-state index contributed by atoms with van der Waals surface area (Å²) in [5.41, 5.74) is 2.03. The smallest absolute Gasteiger partial charge is 0.410 e. The van der Waals surface area contributed by atoms with E-state index in [0.717, 1.165) is 31.4 Å². The molecule has 1 fully saturated rings. The number of nitrogens with zero attached hydrogens (tertiary/aromatic N) is 1. The maximum atomic E-state index is 12.3. The molecule has 1 aliphatic rings. The number of para-hydroxylation sites is 1. The molecule has 0 unspecified atom stereocenters. The molecule has 1 amide bonds. The van der Waals surface area contributed by atoms with Crippen molar-refractivity contribution < 1.29 is 9.53 Å². The lowest BCUT2D eigenvalue weighted by Crippen LogP contribution is -2.42. The average Bonchev–Trinajstić information content (AvgIpc) is 2.89. The van der Waals surface area contributed by atoms with Crippen molar-refractivity contribution in [2.75, 3.05) is 13.1 Å². The number of piperidine rings is 1. The highest BCUT2D eigenvalue weighted by Crippen LogP contribution is 2.32. The molecule has 118 valence electrons. The summed E-state index contributed by atoms with van der Waals surface area (Å²) >= 11 is 0. The first-order chi connectivity index (χ1) is 10.4. The van der Waals surface area contributed by atoms with Crippen molar-refractivity contribution in [3.05, 3.63) is 36.0 Å². The fraction of sp³-hybridized carbons (Fsp3) is 0.500. The van der Waals surface area contributed by atoms with E-state index in [1.807, 2.05) is 31.7 Å². The minimum atomic E-state index is -0.440. The number of H-pyrrole nitrogens is 1. The van der Waals surface area contributed by atoms with Crippen LogP contribution in [0.3, 0.4) is 0 Å². The Morgan fingerprint density at radius 1 is 1.32 bits per heavy atom. The Kier molecular flexibility index (Phi) is 3.85. The Morgan fingerprint density at radius 3 is 2.86 bits per heavy atom. The fourth-order valence-electron chi connectivity index (χ4n) is 3.16. The van der Waals surface area contributed by atoms with Crippen LogP contribution in [0.1, 0.15) is 45.1 Å². The Labute approximate surface area is 131 Å². The standard InChI is InChI=1S/C18H24N2O2/c1-18(2,3)22-17(21)20-10-6-7-13(12-20)15-11-19-16-9-5-4-8-14(15)16/h4-5,8-9,11,13,19H,6-7,10,12H2,1-3H3/t13-/m0/s1. The van der Waals surface area contributed by atoms with Gasteiger partial charge in [0, 0.05) is 36.1 Å². The van der Waals surface area contributed by atoms with Crippen LogP contribution in [0.25, 0.3) is 10.9 Å². The molecule has 3 rings (SSSR count). The van der Waals surface area contributed by atoms with Crippen molar-refractivity contribution in [1.82, 2.24) is 9.88 Å². The highest BCUT2D eigenvalue weighted by atomic mass is 16.6. The summed E-state index contributed by atoms with van der Waals surface area (Å²) in [5, 5.41) is 1.26. The number of amides is 1. The number of benzene rings is 1. The third-order valence-corrected chi connectivity index (χ3v) is 4.13. The molecule has 1 aromatic carbocycles. The van der Waals surface area contributed by atoms with Gasteiger partial charge in [0.15, 0.2) is 0 Å². The van der Waals surface area contributed by atoms with Gasteiger partial charge in [-0.05, 0) is 45.2 Å². The van der Waals surface area contributed by atoms with E-state index in [4.69, 9.17) is 4.74 Å². The van der Waals surface area contributed by atoms with Crippen molar-refractivity contribution >= 4 is 17.0 Å². The summed E-state index contributed by atoms with van der Waals surface area (Å²) in [5.74, 6) is 0.373. The SMILES string of the molecule is CC(C)(C)OC(=O)N1CCC[C@H](c2c[nH]c3ccccc23)C1. The van der Waals surface area contributed by atoms with E-state index in [9.17, 15) is 4.79 Å².